The third kappa shape index (κ3) is 2.75. The van der Waals surface area contributed by atoms with Gasteiger partial charge in [-0.1, -0.05) is 15.9 Å². The van der Waals surface area contributed by atoms with Gasteiger partial charge in [0.15, 0.2) is 11.4 Å². The normalized spacial score (nSPS) is 10.1. The monoisotopic (exact) mass is 308 g/mol. The first-order valence-corrected chi connectivity index (χ1v) is 5.72. The highest BCUT2D eigenvalue weighted by Crippen LogP contribution is 2.28. The van der Waals surface area contributed by atoms with Gasteiger partial charge < -0.3 is 16.2 Å². The molecule has 0 atom stereocenters. The number of hydrogen-bond donors (Lipinski definition) is 2. The molecule has 0 spiro atoms. The number of nitrogens with two attached hydrogens (primary N) is 2. The zero-order valence-electron chi connectivity index (χ0n) is 9.13. The van der Waals surface area contributed by atoms with Crippen LogP contribution in [0.15, 0.2) is 34.8 Å². The van der Waals surface area contributed by atoms with Crippen LogP contribution in [-0.4, -0.2) is 16.1 Å². The Kier molecular flexibility index (Phi) is 3.42. The summed E-state index contributed by atoms with van der Waals surface area (Å²) in [6, 6.07) is 8.12. The van der Waals surface area contributed by atoms with E-state index in [1.165, 1.54) is 12.1 Å². The minimum Gasteiger partial charge on any atom is -0.435 e. The van der Waals surface area contributed by atoms with Crippen LogP contribution in [0.25, 0.3) is 0 Å². The van der Waals surface area contributed by atoms with Crippen LogP contribution in [0.4, 0.5) is 5.69 Å². The average Bonchev–Trinajstić information content (AvgIpc) is 2.33. The Hall–Kier alpha value is -2.15. The largest absolute Gasteiger partial charge is 0.435 e. The smallest absolute Gasteiger partial charge is 0.269 e. The van der Waals surface area contributed by atoms with Gasteiger partial charge >= 0.3 is 0 Å². The summed E-state index contributed by atoms with van der Waals surface area (Å²) >= 11 is 3.29. The van der Waals surface area contributed by atoms with Crippen molar-refractivity contribution in [2.45, 2.75) is 0 Å². The fourth-order valence-electron chi connectivity index (χ4n) is 1.23. The average molecular weight is 309 g/mol. The van der Waals surface area contributed by atoms with Crippen molar-refractivity contribution in [1.82, 2.24) is 10.2 Å². The van der Waals surface area contributed by atoms with Crippen molar-refractivity contribution in [2.75, 3.05) is 5.73 Å². The molecule has 0 aliphatic carbocycles. The van der Waals surface area contributed by atoms with E-state index < -0.39 is 5.91 Å². The molecule has 0 fully saturated rings. The van der Waals surface area contributed by atoms with Crippen molar-refractivity contribution in [3.63, 3.8) is 0 Å². The number of benzene rings is 1. The Morgan fingerprint density at radius 1 is 1.22 bits per heavy atom. The number of carbonyl (C=O) groups is 1. The molecule has 0 aliphatic heterocycles. The molecule has 7 heteroatoms. The minimum absolute atomic E-state index is 0.0751. The van der Waals surface area contributed by atoms with E-state index in [0.717, 1.165) is 4.47 Å². The van der Waals surface area contributed by atoms with E-state index in [4.69, 9.17) is 16.2 Å². The summed E-state index contributed by atoms with van der Waals surface area (Å²) in [5.41, 5.74) is 11.4. The van der Waals surface area contributed by atoms with E-state index in [9.17, 15) is 4.79 Å². The lowest BCUT2D eigenvalue weighted by Crippen LogP contribution is -2.13. The number of primary amides is 1. The van der Waals surface area contributed by atoms with Gasteiger partial charge in [-0.3, -0.25) is 4.79 Å². The fraction of sp³-hybridized carbons (Fsp3) is 0. The summed E-state index contributed by atoms with van der Waals surface area (Å²) in [6.45, 7) is 0. The Balaban J connectivity index is 2.21. The zero-order valence-corrected chi connectivity index (χ0v) is 10.7. The molecule has 6 nitrogen and oxygen atoms in total. The summed E-state index contributed by atoms with van der Waals surface area (Å²) < 4.78 is 6.28. The summed E-state index contributed by atoms with van der Waals surface area (Å²) in [4.78, 5) is 10.8. The van der Waals surface area contributed by atoms with Gasteiger partial charge in [0.2, 0.25) is 5.88 Å². The molecule has 4 N–H and O–H groups in total. The zero-order chi connectivity index (χ0) is 13.1. The van der Waals surface area contributed by atoms with Crippen LogP contribution in [0.5, 0.6) is 11.6 Å². The van der Waals surface area contributed by atoms with E-state index in [1.54, 1.807) is 18.2 Å². The Morgan fingerprint density at radius 2 is 2.00 bits per heavy atom. The molecule has 92 valence electrons. The first-order chi connectivity index (χ1) is 8.56. The SMILES string of the molecule is NC(=O)c1ccc(Oc2ccc(Br)cc2N)nn1. The highest BCUT2D eigenvalue weighted by atomic mass is 79.9. The van der Waals surface area contributed by atoms with Gasteiger partial charge in [-0.05, 0) is 24.3 Å². The number of hydrogen-bond acceptors (Lipinski definition) is 5. The van der Waals surface area contributed by atoms with E-state index in [-0.39, 0.29) is 11.6 Å². The summed E-state index contributed by atoms with van der Waals surface area (Å²) in [5.74, 6) is 0.0468. The fourth-order valence-corrected chi connectivity index (χ4v) is 1.61. The summed E-state index contributed by atoms with van der Waals surface area (Å²) in [5, 5.41) is 7.34. The molecule has 1 amide bonds. The van der Waals surface area contributed by atoms with Gasteiger partial charge in [0.05, 0.1) is 5.69 Å². The molecule has 0 bridgehead atoms. The predicted molar refractivity (Wildman–Crippen MR) is 69.2 cm³/mol. The van der Waals surface area contributed by atoms with Crippen LogP contribution in [0.3, 0.4) is 0 Å². The summed E-state index contributed by atoms with van der Waals surface area (Å²) in [6.07, 6.45) is 0. The van der Waals surface area contributed by atoms with Gasteiger partial charge in [-0.2, -0.15) is 0 Å². The number of amides is 1. The number of anilines is 1. The lowest BCUT2D eigenvalue weighted by Gasteiger charge is -2.07. The third-order valence-corrected chi connectivity index (χ3v) is 2.57. The molecule has 2 rings (SSSR count). The van der Waals surface area contributed by atoms with Crippen molar-refractivity contribution in [2.24, 2.45) is 5.73 Å². The van der Waals surface area contributed by atoms with Gasteiger partial charge in [-0.15, -0.1) is 10.2 Å². The highest BCUT2D eigenvalue weighted by molar-refractivity contribution is 9.10. The second-order valence-electron chi connectivity index (χ2n) is 3.41. The number of halogens is 1. The molecular formula is C11H9BrN4O2. The summed E-state index contributed by atoms with van der Waals surface area (Å²) in [7, 11) is 0. The molecule has 0 saturated carbocycles. The quantitative estimate of drug-likeness (QED) is 0.840. The Labute approximate surface area is 111 Å². The second-order valence-corrected chi connectivity index (χ2v) is 4.32. The number of nitrogens with zero attached hydrogens (tertiary/aromatic N) is 2. The molecule has 2 aromatic rings. The van der Waals surface area contributed by atoms with E-state index in [0.29, 0.717) is 11.4 Å². The van der Waals surface area contributed by atoms with Crippen LogP contribution in [-0.2, 0) is 0 Å². The molecule has 1 heterocycles. The van der Waals surface area contributed by atoms with Crippen molar-refractivity contribution < 1.29 is 9.53 Å². The maximum atomic E-state index is 10.8. The van der Waals surface area contributed by atoms with Crippen molar-refractivity contribution in [1.29, 1.82) is 0 Å². The number of ether oxygens (including phenoxy) is 1. The van der Waals surface area contributed by atoms with E-state index >= 15 is 0 Å². The van der Waals surface area contributed by atoms with Crippen LogP contribution >= 0.6 is 15.9 Å². The van der Waals surface area contributed by atoms with Crippen molar-refractivity contribution >= 4 is 27.5 Å². The first-order valence-electron chi connectivity index (χ1n) is 4.92. The lowest BCUT2D eigenvalue weighted by molar-refractivity contribution is 0.0994. The van der Waals surface area contributed by atoms with Gasteiger partial charge in [0, 0.05) is 10.5 Å². The van der Waals surface area contributed by atoms with Gasteiger partial charge in [0.1, 0.15) is 0 Å². The molecular weight excluding hydrogens is 300 g/mol. The maximum Gasteiger partial charge on any atom is 0.269 e. The Morgan fingerprint density at radius 3 is 2.56 bits per heavy atom. The predicted octanol–water partition coefficient (Wildman–Crippen LogP) is 1.71. The highest BCUT2D eigenvalue weighted by Gasteiger charge is 2.06. The molecule has 0 radical (unpaired) electrons. The third-order valence-electron chi connectivity index (χ3n) is 2.08. The molecule has 0 saturated heterocycles. The molecule has 18 heavy (non-hydrogen) atoms. The van der Waals surface area contributed by atoms with Crippen LogP contribution in [0, 0.1) is 0 Å². The molecule has 0 aliphatic rings. The second kappa shape index (κ2) is 5.01. The standard InChI is InChI=1S/C11H9BrN4O2/c12-6-1-3-9(7(13)5-6)18-10-4-2-8(11(14)17)15-16-10/h1-5H,13H2,(H2,14,17). The maximum absolute atomic E-state index is 10.8. The van der Waals surface area contributed by atoms with Gasteiger partial charge in [-0.25, -0.2) is 0 Å². The Bertz CT molecular complexity index is 586. The molecule has 1 aromatic heterocycles. The van der Waals surface area contributed by atoms with Crippen LogP contribution in [0.1, 0.15) is 10.5 Å². The first kappa shape index (κ1) is 12.3. The van der Waals surface area contributed by atoms with Gasteiger partial charge in [0.25, 0.3) is 5.91 Å². The lowest BCUT2D eigenvalue weighted by atomic mass is 10.3. The van der Waals surface area contributed by atoms with Crippen LogP contribution < -0.4 is 16.2 Å². The topological polar surface area (TPSA) is 104 Å². The van der Waals surface area contributed by atoms with E-state index in [1.807, 2.05) is 0 Å². The van der Waals surface area contributed by atoms with Crippen LogP contribution in [0.2, 0.25) is 0 Å². The molecule has 0 unspecified atom stereocenters. The minimum atomic E-state index is -0.641. The van der Waals surface area contributed by atoms with Crippen molar-refractivity contribution in [3.8, 4) is 11.6 Å². The number of rotatable bonds is 3. The molecule has 1 aromatic carbocycles. The van der Waals surface area contributed by atoms with Crippen molar-refractivity contribution in [3.05, 3.63) is 40.5 Å². The number of nitrogen functional groups attached to an aromatic ring is 1. The number of carbonyl (C=O) groups excluding carboxylic acids is 1. The van der Waals surface area contributed by atoms with E-state index in [2.05, 4.69) is 26.1 Å². The number of aromatic nitrogens is 2.